The van der Waals surface area contributed by atoms with Crippen molar-refractivity contribution in [3.8, 4) is 5.75 Å². The van der Waals surface area contributed by atoms with Crippen LogP contribution in [0, 0.1) is 5.82 Å². The SMILES string of the molecule is O=C(O)Nc1cc(F)cc2c1OCC2. The Bertz CT molecular complexity index is 392. The van der Waals surface area contributed by atoms with E-state index in [4.69, 9.17) is 9.84 Å². The average Bonchev–Trinajstić information content (AvgIpc) is 2.50. The van der Waals surface area contributed by atoms with Gasteiger partial charge in [0.2, 0.25) is 0 Å². The normalized spacial score (nSPS) is 13.2. The van der Waals surface area contributed by atoms with Crippen LogP contribution in [0.25, 0.3) is 0 Å². The van der Waals surface area contributed by atoms with Crippen LogP contribution in [0.1, 0.15) is 5.56 Å². The van der Waals surface area contributed by atoms with Crippen LogP contribution in [0.15, 0.2) is 12.1 Å². The largest absolute Gasteiger partial charge is 0.491 e. The minimum atomic E-state index is -1.23. The molecule has 1 aromatic rings. The van der Waals surface area contributed by atoms with E-state index in [0.717, 1.165) is 6.07 Å². The standard InChI is InChI=1S/C9H8FNO3/c10-6-3-5-1-2-14-8(5)7(4-6)11-9(12)13/h3-4,11H,1-2H2,(H,12,13). The molecule has 2 N–H and O–H groups in total. The first kappa shape index (κ1) is 8.80. The van der Waals surface area contributed by atoms with Crippen molar-refractivity contribution in [1.29, 1.82) is 0 Å². The molecule has 0 radical (unpaired) electrons. The molecule has 0 spiro atoms. The van der Waals surface area contributed by atoms with E-state index < -0.39 is 11.9 Å². The summed E-state index contributed by atoms with van der Waals surface area (Å²) in [4.78, 5) is 10.4. The van der Waals surface area contributed by atoms with Gasteiger partial charge in [-0.25, -0.2) is 9.18 Å². The van der Waals surface area contributed by atoms with E-state index in [2.05, 4.69) is 5.32 Å². The van der Waals surface area contributed by atoms with Crippen LogP contribution in [0.5, 0.6) is 5.75 Å². The number of anilines is 1. The average molecular weight is 197 g/mol. The maximum absolute atomic E-state index is 13.0. The molecule has 1 amide bonds. The predicted octanol–water partition coefficient (Wildman–Crippen LogP) is 1.85. The number of hydrogen-bond donors (Lipinski definition) is 2. The van der Waals surface area contributed by atoms with Crippen molar-refractivity contribution in [2.45, 2.75) is 6.42 Å². The van der Waals surface area contributed by atoms with E-state index in [1.54, 1.807) is 0 Å². The van der Waals surface area contributed by atoms with E-state index in [0.29, 0.717) is 24.3 Å². The van der Waals surface area contributed by atoms with Crippen LogP contribution in [0.4, 0.5) is 14.9 Å². The van der Waals surface area contributed by atoms with Crippen LogP contribution in [-0.4, -0.2) is 17.8 Å². The Hall–Kier alpha value is -1.78. The zero-order chi connectivity index (χ0) is 10.1. The number of carboxylic acid groups (broad SMARTS) is 1. The summed E-state index contributed by atoms with van der Waals surface area (Å²) in [7, 11) is 0. The van der Waals surface area contributed by atoms with Crippen molar-refractivity contribution in [3.63, 3.8) is 0 Å². The first-order chi connectivity index (χ1) is 6.66. The summed E-state index contributed by atoms with van der Waals surface area (Å²) in [6.45, 7) is 0.465. The highest BCUT2D eigenvalue weighted by Gasteiger charge is 2.18. The van der Waals surface area contributed by atoms with Crippen LogP contribution in [-0.2, 0) is 6.42 Å². The molecule has 4 nitrogen and oxygen atoms in total. The van der Waals surface area contributed by atoms with Gasteiger partial charge in [0.15, 0.2) is 0 Å². The quantitative estimate of drug-likeness (QED) is 0.722. The Labute approximate surface area is 79.3 Å². The minimum absolute atomic E-state index is 0.171. The minimum Gasteiger partial charge on any atom is -0.491 e. The summed E-state index contributed by atoms with van der Waals surface area (Å²) in [6.07, 6.45) is -0.616. The molecule has 0 aliphatic carbocycles. The van der Waals surface area contributed by atoms with E-state index in [-0.39, 0.29) is 5.69 Å². The third-order valence-corrected chi connectivity index (χ3v) is 1.99. The highest BCUT2D eigenvalue weighted by molar-refractivity contribution is 5.85. The summed E-state index contributed by atoms with van der Waals surface area (Å²) in [5, 5.41) is 10.6. The Morgan fingerprint density at radius 3 is 3.07 bits per heavy atom. The Morgan fingerprint density at radius 1 is 1.57 bits per heavy atom. The number of ether oxygens (including phenoxy) is 1. The molecule has 0 aromatic heterocycles. The van der Waals surface area contributed by atoms with Crippen molar-refractivity contribution >= 4 is 11.8 Å². The summed E-state index contributed by atoms with van der Waals surface area (Å²) in [5.74, 6) is -0.0215. The molecule has 14 heavy (non-hydrogen) atoms. The molecule has 74 valence electrons. The number of benzene rings is 1. The maximum Gasteiger partial charge on any atom is 0.409 e. The van der Waals surface area contributed by atoms with Crippen LogP contribution in [0.2, 0.25) is 0 Å². The van der Waals surface area contributed by atoms with Crippen molar-refractivity contribution in [2.75, 3.05) is 11.9 Å². The second-order valence-corrected chi connectivity index (χ2v) is 2.97. The molecule has 1 aliphatic heterocycles. The van der Waals surface area contributed by atoms with Gasteiger partial charge in [-0.1, -0.05) is 0 Å². The lowest BCUT2D eigenvalue weighted by Gasteiger charge is -2.07. The van der Waals surface area contributed by atoms with E-state index in [9.17, 15) is 9.18 Å². The van der Waals surface area contributed by atoms with Gasteiger partial charge >= 0.3 is 6.09 Å². The van der Waals surface area contributed by atoms with Gasteiger partial charge in [-0.3, -0.25) is 5.32 Å². The molecule has 0 unspecified atom stereocenters. The van der Waals surface area contributed by atoms with Crippen LogP contribution in [0.3, 0.4) is 0 Å². The summed E-state index contributed by atoms with van der Waals surface area (Å²) in [6, 6.07) is 2.47. The molecule has 0 atom stereocenters. The fourth-order valence-electron chi connectivity index (χ4n) is 1.48. The van der Waals surface area contributed by atoms with Gasteiger partial charge in [0, 0.05) is 18.1 Å². The molecule has 0 bridgehead atoms. The monoisotopic (exact) mass is 197 g/mol. The summed E-state index contributed by atoms with van der Waals surface area (Å²) in [5.41, 5.74) is 0.874. The topological polar surface area (TPSA) is 58.6 Å². The smallest absolute Gasteiger partial charge is 0.409 e. The van der Waals surface area contributed by atoms with Gasteiger partial charge in [0.05, 0.1) is 12.3 Å². The van der Waals surface area contributed by atoms with Gasteiger partial charge in [-0.15, -0.1) is 0 Å². The van der Waals surface area contributed by atoms with Crippen molar-refractivity contribution in [3.05, 3.63) is 23.5 Å². The Balaban J connectivity index is 2.43. The van der Waals surface area contributed by atoms with Gasteiger partial charge in [-0.2, -0.15) is 0 Å². The highest BCUT2D eigenvalue weighted by atomic mass is 19.1. The maximum atomic E-state index is 13.0. The van der Waals surface area contributed by atoms with E-state index >= 15 is 0 Å². The first-order valence-corrected chi connectivity index (χ1v) is 4.12. The van der Waals surface area contributed by atoms with Crippen molar-refractivity contribution in [1.82, 2.24) is 0 Å². The molecule has 5 heteroatoms. The number of hydrogen-bond acceptors (Lipinski definition) is 2. The predicted molar refractivity (Wildman–Crippen MR) is 47.2 cm³/mol. The molecule has 0 saturated heterocycles. The number of fused-ring (bicyclic) bond motifs is 1. The highest BCUT2D eigenvalue weighted by Crippen LogP contribution is 2.34. The molecule has 0 fully saturated rings. The number of nitrogens with one attached hydrogen (secondary N) is 1. The number of amides is 1. The fourth-order valence-corrected chi connectivity index (χ4v) is 1.48. The Kier molecular flexibility index (Phi) is 1.99. The molecular formula is C9H8FNO3. The van der Waals surface area contributed by atoms with Gasteiger partial charge < -0.3 is 9.84 Å². The van der Waals surface area contributed by atoms with Crippen molar-refractivity contribution < 1.29 is 19.0 Å². The number of carbonyl (C=O) groups is 1. The third-order valence-electron chi connectivity index (χ3n) is 1.99. The lowest BCUT2D eigenvalue weighted by molar-refractivity contribution is 0.209. The van der Waals surface area contributed by atoms with Gasteiger partial charge in [0.25, 0.3) is 0 Å². The molecular weight excluding hydrogens is 189 g/mol. The molecule has 0 saturated carbocycles. The van der Waals surface area contributed by atoms with Gasteiger partial charge in [0.1, 0.15) is 11.6 Å². The second-order valence-electron chi connectivity index (χ2n) is 2.97. The molecule has 1 aromatic carbocycles. The molecule has 1 aliphatic rings. The van der Waals surface area contributed by atoms with E-state index in [1.165, 1.54) is 6.07 Å². The second kappa shape index (κ2) is 3.17. The molecule has 1 heterocycles. The first-order valence-electron chi connectivity index (χ1n) is 4.12. The fraction of sp³-hybridized carbons (Fsp3) is 0.222. The lowest BCUT2D eigenvalue weighted by atomic mass is 10.1. The number of rotatable bonds is 1. The zero-order valence-electron chi connectivity index (χ0n) is 7.21. The summed E-state index contributed by atoms with van der Waals surface area (Å²) < 4.78 is 18.2. The number of halogens is 1. The zero-order valence-corrected chi connectivity index (χ0v) is 7.21. The third kappa shape index (κ3) is 1.48. The van der Waals surface area contributed by atoms with Gasteiger partial charge in [-0.05, 0) is 6.07 Å². The van der Waals surface area contributed by atoms with Crippen LogP contribution < -0.4 is 10.1 Å². The van der Waals surface area contributed by atoms with E-state index in [1.807, 2.05) is 0 Å². The van der Waals surface area contributed by atoms with Crippen LogP contribution >= 0.6 is 0 Å². The van der Waals surface area contributed by atoms with Crippen molar-refractivity contribution in [2.24, 2.45) is 0 Å². The molecule has 2 rings (SSSR count). The lowest BCUT2D eigenvalue weighted by Crippen LogP contribution is -2.08. The Morgan fingerprint density at radius 2 is 2.36 bits per heavy atom. The summed E-state index contributed by atoms with van der Waals surface area (Å²) >= 11 is 0.